The molecule has 1 aromatic carbocycles. The molecule has 2 rings (SSSR count). The molecule has 4 nitrogen and oxygen atoms in total. The predicted molar refractivity (Wildman–Crippen MR) is 106 cm³/mol. The normalized spacial score (nSPS) is 16.7. The highest BCUT2D eigenvalue weighted by atomic mass is 32.2. The Balaban J connectivity index is 1.64. The lowest BCUT2D eigenvalue weighted by molar-refractivity contribution is 0.221. The van der Waals surface area contributed by atoms with Crippen LogP contribution >= 0.6 is 11.8 Å². The summed E-state index contributed by atoms with van der Waals surface area (Å²) < 4.78 is 12.9. The third-order valence-corrected chi connectivity index (χ3v) is 5.14. The van der Waals surface area contributed by atoms with Crippen molar-refractivity contribution in [1.29, 1.82) is 0 Å². The molecule has 1 aromatic rings. The van der Waals surface area contributed by atoms with Crippen LogP contribution in [0.2, 0.25) is 0 Å². The number of aliphatic imine (C=N–C) groups is 1. The third kappa shape index (κ3) is 7.48. The molecule has 2 N–H and O–H groups in total. The zero-order valence-electron chi connectivity index (χ0n) is 15.2. The first-order valence-corrected chi connectivity index (χ1v) is 9.77. The van der Waals surface area contributed by atoms with Gasteiger partial charge in [-0.05, 0) is 44.0 Å². The van der Waals surface area contributed by atoms with Crippen molar-refractivity contribution >= 4 is 17.7 Å². The summed E-state index contributed by atoms with van der Waals surface area (Å²) in [6, 6.07) is 7.09. The average molecular weight is 365 g/mol. The largest absolute Gasteiger partial charge is 0.356 e. The molecule has 1 aliphatic heterocycles. The molecule has 0 amide bonds. The third-order valence-electron chi connectivity index (χ3n) is 4.12. The standard InChI is InChI=1S/C19H29FN4S/c1-15(2)14-24-11-8-17(9-12-24)23-19(21-3)22-10-13-25-18-6-4-16(20)5-7-18/h4-7,17H,1,8-14H2,2-3H3,(H2,21,22,23). The van der Waals surface area contributed by atoms with Crippen LogP contribution in [-0.2, 0) is 0 Å². The van der Waals surface area contributed by atoms with Gasteiger partial charge in [0.1, 0.15) is 5.82 Å². The zero-order chi connectivity index (χ0) is 18.1. The summed E-state index contributed by atoms with van der Waals surface area (Å²) >= 11 is 1.71. The lowest BCUT2D eigenvalue weighted by Crippen LogP contribution is -2.49. The van der Waals surface area contributed by atoms with Crippen LogP contribution in [-0.4, -0.2) is 55.9 Å². The van der Waals surface area contributed by atoms with E-state index in [0.29, 0.717) is 6.04 Å². The van der Waals surface area contributed by atoms with E-state index in [4.69, 9.17) is 0 Å². The molecular formula is C19H29FN4S. The smallest absolute Gasteiger partial charge is 0.191 e. The molecule has 25 heavy (non-hydrogen) atoms. The second kappa shape index (κ2) is 10.5. The minimum Gasteiger partial charge on any atom is -0.356 e. The Morgan fingerprint density at radius 3 is 2.60 bits per heavy atom. The summed E-state index contributed by atoms with van der Waals surface area (Å²) in [4.78, 5) is 7.85. The van der Waals surface area contributed by atoms with Gasteiger partial charge in [0.15, 0.2) is 5.96 Å². The number of nitrogens with zero attached hydrogens (tertiary/aromatic N) is 2. The van der Waals surface area contributed by atoms with Crippen LogP contribution < -0.4 is 10.6 Å². The van der Waals surface area contributed by atoms with Crippen molar-refractivity contribution in [1.82, 2.24) is 15.5 Å². The first-order chi connectivity index (χ1) is 12.1. The van der Waals surface area contributed by atoms with Gasteiger partial charge in [0.05, 0.1) is 0 Å². The van der Waals surface area contributed by atoms with E-state index in [-0.39, 0.29) is 5.82 Å². The van der Waals surface area contributed by atoms with Gasteiger partial charge in [-0.15, -0.1) is 11.8 Å². The summed E-state index contributed by atoms with van der Waals surface area (Å²) in [6.07, 6.45) is 2.25. The number of thioether (sulfide) groups is 1. The predicted octanol–water partition coefficient (Wildman–Crippen LogP) is 3.12. The Hall–Kier alpha value is -1.53. The van der Waals surface area contributed by atoms with E-state index in [1.165, 1.54) is 17.7 Å². The summed E-state index contributed by atoms with van der Waals surface area (Å²) in [5.74, 6) is 1.57. The SMILES string of the molecule is C=C(C)CN1CCC(NC(=NC)NCCSc2ccc(F)cc2)CC1. The molecule has 1 heterocycles. The second-order valence-electron chi connectivity index (χ2n) is 6.45. The molecule has 1 saturated heterocycles. The number of hydrogen-bond donors (Lipinski definition) is 2. The molecule has 0 aromatic heterocycles. The topological polar surface area (TPSA) is 39.7 Å². The van der Waals surface area contributed by atoms with E-state index in [0.717, 1.165) is 55.6 Å². The number of likely N-dealkylation sites (tertiary alicyclic amines) is 1. The van der Waals surface area contributed by atoms with Gasteiger partial charge in [-0.3, -0.25) is 9.89 Å². The maximum Gasteiger partial charge on any atom is 0.191 e. The van der Waals surface area contributed by atoms with E-state index in [2.05, 4.69) is 34.0 Å². The Morgan fingerprint density at radius 2 is 2.00 bits per heavy atom. The van der Waals surface area contributed by atoms with Crippen molar-refractivity contribution in [2.45, 2.75) is 30.7 Å². The highest BCUT2D eigenvalue weighted by Gasteiger charge is 2.19. The number of nitrogens with one attached hydrogen (secondary N) is 2. The summed E-state index contributed by atoms with van der Waals surface area (Å²) in [5, 5.41) is 6.87. The number of halogens is 1. The van der Waals surface area contributed by atoms with Crippen molar-refractivity contribution in [3.63, 3.8) is 0 Å². The molecule has 1 aliphatic rings. The maximum atomic E-state index is 12.9. The first kappa shape index (κ1) is 19.8. The van der Waals surface area contributed by atoms with Gasteiger partial charge in [-0.1, -0.05) is 12.2 Å². The summed E-state index contributed by atoms with van der Waals surface area (Å²) in [7, 11) is 1.80. The lowest BCUT2D eigenvalue weighted by Gasteiger charge is -2.33. The lowest BCUT2D eigenvalue weighted by atomic mass is 10.0. The van der Waals surface area contributed by atoms with Crippen molar-refractivity contribution in [3.8, 4) is 0 Å². The van der Waals surface area contributed by atoms with E-state index in [1.807, 2.05) is 12.1 Å². The Bertz CT molecular complexity index is 565. The summed E-state index contributed by atoms with van der Waals surface area (Å²) in [6.45, 7) is 10.1. The van der Waals surface area contributed by atoms with Crippen LogP contribution in [0.1, 0.15) is 19.8 Å². The Labute approximate surface area is 155 Å². The highest BCUT2D eigenvalue weighted by molar-refractivity contribution is 7.99. The zero-order valence-corrected chi connectivity index (χ0v) is 16.0. The van der Waals surface area contributed by atoms with Crippen molar-refractivity contribution in [3.05, 3.63) is 42.2 Å². The van der Waals surface area contributed by atoms with Crippen LogP contribution in [0.5, 0.6) is 0 Å². The van der Waals surface area contributed by atoms with Gasteiger partial charge < -0.3 is 10.6 Å². The molecule has 1 fully saturated rings. The molecule has 0 unspecified atom stereocenters. The van der Waals surface area contributed by atoms with Crippen LogP contribution in [0.25, 0.3) is 0 Å². The molecule has 0 radical (unpaired) electrons. The molecule has 0 spiro atoms. The Morgan fingerprint density at radius 1 is 1.32 bits per heavy atom. The molecular weight excluding hydrogens is 335 g/mol. The quantitative estimate of drug-likeness (QED) is 0.256. The number of rotatable bonds is 7. The molecule has 6 heteroatoms. The fourth-order valence-electron chi connectivity index (χ4n) is 2.87. The van der Waals surface area contributed by atoms with Crippen LogP contribution in [0.15, 0.2) is 46.3 Å². The number of piperidine rings is 1. The number of benzene rings is 1. The fraction of sp³-hybridized carbons (Fsp3) is 0.526. The van der Waals surface area contributed by atoms with Gasteiger partial charge in [-0.25, -0.2) is 4.39 Å². The minimum absolute atomic E-state index is 0.193. The maximum absolute atomic E-state index is 12.9. The summed E-state index contributed by atoms with van der Waals surface area (Å²) in [5.41, 5.74) is 1.22. The highest BCUT2D eigenvalue weighted by Crippen LogP contribution is 2.17. The van der Waals surface area contributed by atoms with Gasteiger partial charge >= 0.3 is 0 Å². The Kier molecular flexibility index (Phi) is 8.28. The number of guanidine groups is 1. The van der Waals surface area contributed by atoms with Gasteiger partial charge in [0.2, 0.25) is 0 Å². The molecule has 0 bridgehead atoms. The van der Waals surface area contributed by atoms with Crippen LogP contribution in [0.4, 0.5) is 4.39 Å². The number of hydrogen-bond acceptors (Lipinski definition) is 3. The monoisotopic (exact) mass is 364 g/mol. The van der Waals surface area contributed by atoms with Gasteiger partial charge in [-0.2, -0.15) is 0 Å². The molecule has 0 saturated carbocycles. The average Bonchev–Trinajstić information content (AvgIpc) is 2.60. The van der Waals surface area contributed by atoms with Gasteiger partial charge in [0.25, 0.3) is 0 Å². The van der Waals surface area contributed by atoms with Crippen molar-refractivity contribution in [2.75, 3.05) is 39.0 Å². The molecule has 0 aliphatic carbocycles. The van der Waals surface area contributed by atoms with E-state index in [9.17, 15) is 4.39 Å². The second-order valence-corrected chi connectivity index (χ2v) is 7.62. The van der Waals surface area contributed by atoms with E-state index >= 15 is 0 Å². The minimum atomic E-state index is -0.193. The van der Waals surface area contributed by atoms with Crippen LogP contribution in [0, 0.1) is 5.82 Å². The van der Waals surface area contributed by atoms with E-state index < -0.39 is 0 Å². The molecule has 138 valence electrons. The van der Waals surface area contributed by atoms with Gasteiger partial charge in [0, 0.05) is 49.9 Å². The fourth-order valence-corrected chi connectivity index (χ4v) is 3.64. The first-order valence-electron chi connectivity index (χ1n) is 8.79. The van der Waals surface area contributed by atoms with E-state index in [1.54, 1.807) is 18.8 Å². The van der Waals surface area contributed by atoms with Crippen molar-refractivity contribution < 1.29 is 4.39 Å². The van der Waals surface area contributed by atoms with Crippen LogP contribution in [0.3, 0.4) is 0 Å². The molecule has 0 atom stereocenters. The van der Waals surface area contributed by atoms with Crippen molar-refractivity contribution in [2.24, 2.45) is 4.99 Å².